The highest BCUT2D eigenvalue weighted by Crippen LogP contribution is 2.20. The molecule has 4 N–H and O–H groups in total. The third-order valence-electron chi connectivity index (χ3n) is 2.40. The van der Waals surface area contributed by atoms with Gasteiger partial charge in [-0.05, 0) is 11.8 Å². The minimum absolute atomic E-state index is 0.0212. The van der Waals surface area contributed by atoms with Crippen molar-refractivity contribution >= 4 is 11.9 Å². The molecule has 16 heavy (non-hydrogen) atoms. The van der Waals surface area contributed by atoms with E-state index in [4.69, 9.17) is 10.8 Å². The molecule has 0 radical (unpaired) electrons. The molecule has 0 aliphatic carbocycles. The van der Waals surface area contributed by atoms with Crippen LogP contribution in [0.1, 0.15) is 40.0 Å². The lowest BCUT2D eigenvalue weighted by Crippen LogP contribution is -2.45. The summed E-state index contributed by atoms with van der Waals surface area (Å²) in [6.45, 7) is 6.71. The maximum absolute atomic E-state index is 11.4. The van der Waals surface area contributed by atoms with E-state index in [0.717, 1.165) is 12.8 Å². The lowest BCUT2D eigenvalue weighted by Gasteiger charge is -2.25. The molecule has 0 saturated carbocycles. The van der Waals surface area contributed by atoms with Crippen LogP contribution < -0.4 is 11.1 Å². The first-order valence-corrected chi connectivity index (χ1v) is 5.53. The van der Waals surface area contributed by atoms with Gasteiger partial charge in [0.05, 0.1) is 12.5 Å². The summed E-state index contributed by atoms with van der Waals surface area (Å²) in [5.41, 5.74) is 5.45. The monoisotopic (exact) mass is 230 g/mol. The highest BCUT2D eigenvalue weighted by molar-refractivity contribution is 5.85. The van der Waals surface area contributed by atoms with Crippen molar-refractivity contribution in [1.82, 2.24) is 5.32 Å². The van der Waals surface area contributed by atoms with Crippen molar-refractivity contribution in [2.75, 3.05) is 6.54 Å². The summed E-state index contributed by atoms with van der Waals surface area (Å²) in [5.74, 6) is -1.46. The van der Waals surface area contributed by atoms with Crippen LogP contribution in [0.25, 0.3) is 0 Å². The van der Waals surface area contributed by atoms with E-state index in [2.05, 4.69) is 26.1 Å². The van der Waals surface area contributed by atoms with Crippen LogP contribution in [0, 0.1) is 5.41 Å². The van der Waals surface area contributed by atoms with E-state index >= 15 is 0 Å². The van der Waals surface area contributed by atoms with Crippen LogP contribution in [0.2, 0.25) is 0 Å². The molecular formula is C11H22N2O3. The summed E-state index contributed by atoms with van der Waals surface area (Å²) in [4.78, 5) is 21.8. The Morgan fingerprint density at radius 2 is 2.00 bits per heavy atom. The van der Waals surface area contributed by atoms with Crippen LogP contribution in [0.15, 0.2) is 0 Å². The van der Waals surface area contributed by atoms with E-state index in [0.29, 0.717) is 6.54 Å². The van der Waals surface area contributed by atoms with Gasteiger partial charge in [0.25, 0.3) is 0 Å². The summed E-state index contributed by atoms with van der Waals surface area (Å²) in [6.07, 6.45) is 1.71. The maximum Gasteiger partial charge on any atom is 0.305 e. The minimum atomic E-state index is -1.06. The fourth-order valence-electron chi connectivity index (χ4n) is 1.50. The van der Waals surface area contributed by atoms with Gasteiger partial charge in [0.15, 0.2) is 0 Å². The highest BCUT2D eigenvalue weighted by atomic mass is 16.4. The minimum Gasteiger partial charge on any atom is -0.481 e. The Bertz CT molecular complexity index is 252. The molecule has 1 atom stereocenters. The van der Waals surface area contributed by atoms with Crippen molar-refractivity contribution in [2.24, 2.45) is 11.1 Å². The van der Waals surface area contributed by atoms with E-state index < -0.39 is 17.9 Å². The molecule has 0 aliphatic heterocycles. The quantitative estimate of drug-likeness (QED) is 0.601. The topological polar surface area (TPSA) is 92.4 Å². The molecule has 1 unspecified atom stereocenters. The number of hydrogen-bond donors (Lipinski definition) is 3. The van der Waals surface area contributed by atoms with Crippen LogP contribution >= 0.6 is 0 Å². The van der Waals surface area contributed by atoms with Crippen molar-refractivity contribution in [3.05, 3.63) is 0 Å². The van der Waals surface area contributed by atoms with Crippen molar-refractivity contribution in [3.63, 3.8) is 0 Å². The Kier molecular flexibility index (Phi) is 6.03. The van der Waals surface area contributed by atoms with Gasteiger partial charge in [0.1, 0.15) is 0 Å². The van der Waals surface area contributed by atoms with E-state index in [-0.39, 0.29) is 11.8 Å². The van der Waals surface area contributed by atoms with Gasteiger partial charge in [-0.1, -0.05) is 27.2 Å². The standard InChI is InChI=1S/C11H22N2O3/c1-4-5-11(2,3)7-13-10(16)8(12)6-9(14)15/h8H,4-7,12H2,1-3H3,(H,13,16)(H,14,15). The van der Waals surface area contributed by atoms with E-state index in [9.17, 15) is 9.59 Å². The summed E-state index contributed by atoms with van der Waals surface area (Å²) < 4.78 is 0. The summed E-state index contributed by atoms with van der Waals surface area (Å²) in [7, 11) is 0. The molecule has 0 rings (SSSR count). The highest BCUT2D eigenvalue weighted by Gasteiger charge is 2.21. The Labute approximate surface area is 96.4 Å². The Morgan fingerprint density at radius 1 is 1.44 bits per heavy atom. The first-order valence-electron chi connectivity index (χ1n) is 5.53. The average Bonchev–Trinajstić information content (AvgIpc) is 2.13. The largest absolute Gasteiger partial charge is 0.481 e. The number of hydrogen-bond acceptors (Lipinski definition) is 3. The fraction of sp³-hybridized carbons (Fsp3) is 0.818. The predicted octanol–water partition coefficient (Wildman–Crippen LogP) is 0.731. The van der Waals surface area contributed by atoms with Gasteiger partial charge in [0.2, 0.25) is 5.91 Å². The summed E-state index contributed by atoms with van der Waals surface area (Å²) in [5, 5.41) is 11.2. The molecule has 1 amide bonds. The number of carbonyl (C=O) groups is 2. The van der Waals surface area contributed by atoms with Crippen molar-refractivity contribution < 1.29 is 14.7 Å². The second-order valence-corrected chi connectivity index (χ2v) is 4.84. The number of nitrogens with two attached hydrogens (primary N) is 1. The van der Waals surface area contributed by atoms with Crippen LogP contribution in [0.4, 0.5) is 0 Å². The average molecular weight is 230 g/mol. The van der Waals surface area contributed by atoms with Gasteiger partial charge in [-0.25, -0.2) is 0 Å². The lowest BCUT2D eigenvalue weighted by atomic mass is 9.88. The zero-order valence-electron chi connectivity index (χ0n) is 10.2. The molecule has 0 spiro atoms. The van der Waals surface area contributed by atoms with Crippen LogP contribution in [0.5, 0.6) is 0 Å². The molecule has 0 heterocycles. The molecule has 0 bridgehead atoms. The number of carbonyl (C=O) groups excluding carboxylic acids is 1. The van der Waals surface area contributed by atoms with E-state index in [1.807, 2.05) is 0 Å². The van der Waals surface area contributed by atoms with Gasteiger partial charge in [-0.15, -0.1) is 0 Å². The molecule has 5 heteroatoms. The molecule has 94 valence electrons. The smallest absolute Gasteiger partial charge is 0.305 e. The molecule has 0 aliphatic rings. The van der Waals surface area contributed by atoms with E-state index in [1.165, 1.54) is 0 Å². The van der Waals surface area contributed by atoms with Gasteiger partial charge in [-0.2, -0.15) is 0 Å². The first-order chi connectivity index (χ1) is 7.28. The fourth-order valence-corrected chi connectivity index (χ4v) is 1.50. The SMILES string of the molecule is CCCC(C)(C)CNC(=O)C(N)CC(=O)O. The Hall–Kier alpha value is -1.10. The van der Waals surface area contributed by atoms with E-state index in [1.54, 1.807) is 0 Å². The van der Waals surface area contributed by atoms with Gasteiger partial charge in [0, 0.05) is 6.54 Å². The van der Waals surface area contributed by atoms with Crippen molar-refractivity contribution in [3.8, 4) is 0 Å². The predicted molar refractivity (Wildman–Crippen MR) is 61.9 cm³/mol. The van der Waals surface area contributed by atoms with Crippen LogP contribution in [0.3, 0.4) is 0 Å². The molecule has 0 aromatic carbocycles. The number of aliphatic carboxylic acids is 1. The van der Waals surface area contributed by atoms with Crippen LogP contribution in [-0.2, 0) is 9.59 Å². The summed E-state index contributed by atoms with van der Waals surface area (Å²) in [6, 6.07) is -0.963. The number of carboxylic acids is 1. The van der Waals surface area contributed by atoms with Gasteiger partial charge < -0.3 is 16.2 Å². The number of rotatable bonds is 7. The number of nitrogens with one attached hydrogen (secondary N) is 1. The lowest BCUT2D eigenvalue weighted by molar-refractivity contribution is -0.139. The van der Waals surface area contributed by atoms with Crippen molar-refractivity contribution in [2.45, 2.75) is 46.1 Å². The van der Waals surface area contributed by atoms with Gasteiger partial charge in [-0.3, -0.25) is 9.59 Å². The third kappa shape index (κ3) is 6.40. The number of amides is 1. The Balaban J connectivity index is 4.01. The van der Waals surface area contributed by atoms with Crippen molar-refractivity contribution in [1.29, 1.82) is 0 Å². The second kappa shape index (κ2) is 6.48. The molecule has 0 aromatic heterocycles. The second-order valence-electron chi connectivity index (χ2n) is 4.84. The molecule has 5 nitrogen and oxygen atoms in total. The molecule has 0 saturated heterocycles. The number of carboxylic acid groups (broad SMARTS) is 1. The molecular weight excluding hydrogens is 208 g/mol. The van der Waals surface area contributed by atoms with Gasteiger partial charge >= 0.3 is 5.97 Å². The third-order valence-corrected chi connectivity index (χ3v) is 2.40. The molecule has 0 aromatic rings. The molecule has 0 fully saturated rings. The normalized spacial score (nSPS) is 13.2. The van der Waals surface area contributed by atoms with Crippen LogP contribution in [-0.4, -0.2) is 29.6 Å². The first kappa shape index (κ1) is 14.9. The maximum atomic E-state index is 11.4. The Morgan fingerprint density at radius 3 is 2.44 bits per heavy atom. The zero-order valence-corrected chi connectivity index (χ0v) is 10.2. The zero-order chi connectivity index (χ0) is 12.8. The summed E-state index contributed by atoms with van der Waals surface area (Å²) >= 11 is 0.